The summed E-state index contributed by atoms with van der Waals surface area (Å²) in [5.74, 6) is -0.349. The summed E-state index contributed by atoms with van der Waals surface area (Å²) in [6.45, 7) is 5.25. The number of hydrogen-bond donors (Lipinski definition) is 2. The number of carbonyl (C=O) groups is 1. The maximum Gasteiger partial charge on any atom is 0.255 e. The van der Waals surface area contributed by atoms with Crippen LogP contribution in [0.3, 0.4) is 0 Å². The minimum absolute atomic E-state index is 0.140. The maximum atomic E-state index is 13.7. The number of nitrogens with zero attached hydrogens (tertiary/aromatic N) is 2. The van der Waals surface area contributed by atoms with Gasteiger partial charge in [0.2, 0.25) is 10.0 Å². The van der Waals surface area contributed by atoms with Gasteiger partial charge in [0, 0.05) is 6.04 Å². The van der Waals surface area contributed by atoms with Crippen LogP contribution in [0.5, 0.6) is 5.75 Å². The van der Waals surface area contributed by atoms with Gasteiger partial charge in [0.25, 0.3) is 5.91 Å². The van der Waals surface area contributed by atoms with Crippen molar-refractivity contribution in [3.8, 4) is 5.75 Å². The number of hydrogen-bond acceptors (Lipinski definition) is 5. The van der Waals surface area contributed by atoms with Gasteiger partial charge < -0.3 is 5.11 Å². The average Bonchev–Trinajstić information content (AvgIpc) is 2.73. The fraction of sp³-hybridized carbons (Fsp3) is 0.417. The van der Waals surface area contributed by atoms with Gasteiger partial charge >= 0.3 is 0 Å². The molecule has 2 N–H and O–H groups in total. The smallest absolute Gasteiger partial charge is 0.255 e. The van der Waals surface area contributed by atoms with Crippen molar-refractivity contribution in [3.63, 3.8) is 0 Å². The van der Waals surface area contributed by atoms with Gasteiger partial charge in [-0.3, -0.25) is 4.79 Å². The van der Waals surface area contributed by atoms with E-state index in [-0.39, 0.29) is 23.2 Å². The molecule has 1 amide bonds. The minimum Gasteiger partial charge on any atom is -0.508 e. The number of hydrazone groups is 1. The first-order chi connectivity index (χ1) is 15.2. The Kier molecular flexibility index (Phi) is 7.69. The van der Waals surface area contributed by atoms with Crippen LogP contribution < -0.4 is 5.43 Å². The molecule has 1 aliphatic carbocycles. The fourth-order valence-corrected chi connectivity index (χ4v) is 6.44. The zero-order chi connectivity index (χ0) is 23.3. The Labute approximate surface area is 190 Å². The fourth-order valence-electron chi connectivity index (χ4n) is 4.39. The predicted molar refractivity (Wildman–Crippen MR) is 125 cm³/mol. The second kappa shape index (κ2) is 10.3. The van der Waals surface area contributed by atoms with Crippen LogP contribution in [0.1, 0.15) is 54.4 Å². The summed E-state index contributed by atoms with van der Waals surface area (Å²) in [5, 5.41) is 13.3. The normalized spacial score (nSPS) is 15.4. The SMILES string of the molecule is Cc1cc(C)c(S(=O)(=O)N(CC(=O)NN=Cc2ccc(O)cc2)C2CCCCC2)c(C)c1. The summed E-state index contributed by atoms with van der Waals surface area (Å²) in [5.41, 5.74) is 5.52. The molecule has 0 radical (unpaired) electrons. The number of amides is 1. The van der Waals surface area contributed by atoms with E-state index in [1.165, 1.54) is 22.7 Å². The topological polar surface area (TPSA) is 99.1 Å². The molecular weight excluding hydrogens is 426 g/mol. The lowest BCUT2D eigenvalue weighted by Crippen LogP contribution is -2.46. The van der Waals surface area contributed by atoms with Crippen LogP contribution in [0.25, 0.3) is 0 Å². The zero-order valence-electron chi connectivity index (χ0n) is 18.8. The number of sulfonamides is 1. The monoisotopic (exact) mass is 457 g/mol. The van der Waals surface area contributed by atoms with Crippen LogP contribution in [0.2, 0.25) is 0 Å². The van der Waals surface area contributed by atoms with E-state index < -0.39 is 15.9 Å². The number of phenols is 1. The van der Waals surface area contributed by atoms with Crippen molar-refractivity contribution in [2.24, 2.45) is 5.10 Å². The summed E-state index contributed by atoms with van der Waals surface area (Å²) < 4.78 is 28.8. The van der Waals surface area contributed by atoms with Gasteiger partial charge in [-0.2, -0.15) is 9.41 Å². The van der Waals surface area contributed by atoms with Gasteiger partial charge in [-0.1, -0.05) is 37.0 Å². The molecule has 0 aromatic heterocycles. The summed E-state index contributed by atoms with van der Waals surface area (Å²) in [7, 11) is -3.86. The first-order valence-corrected chi connectivity index (χ1v) is 12.3. The molecule has 8 heteroatoms. The molecule has 0 heterocycles. The van der Waals surface area contributed by atoms with Crippen LogP contribution in [-0.2, 0) is 14.8 Å². The van der Waals surface area contributed by atoms with Gasteiger partial charge in [-0.15, -0.1) is 0 Å². The Balaban J connectivity index is 1.83. The zero-order valence-corrected chi connectivity index (χ0v) is 19.7. The number of carbonyl (C=O) groups excluding carboxylic acids is 1. The van der Waals surface area contributed by atoms with E-state index in [1.54, 1.807) is 26.0 Å². The average molecular weight is 458 g/mol. The number of aromatic hydroxyl groups is 1. The van der Waals surface area contributed by atoms with Crippen molar-refractivity contribution < 1.29 is 18.3 Å². The van der Waals surface area contributed by atoms with Gasteiger partial charge in [-0.25, -0.2) is 13.8 Å². The summed E-state index contributed by atoms with van der Waals surface area (Å²) in [6.07, 6.45) is 5.91. The summed E-state index contributed by atoms with van der Waals surface area (Å²) in [4.78, 5) is 13.0. The molecule has 7 nitrogen and oxygen atoms in total. The molecule has 2 aromatic carbocycles. The number of phenolic OH excluding ortho intramolecular Hbond substituents is 1. The molecule has 1 aliphatic rings. The van der Waals surface area contributed by atoms with E-state index in [0.29, 0.717) is 16.7 Å². The largest absolute Gasteiger partial charge is 0.508 e. The van der Waals surface area contributed by atoms with Gasteiger partial charge in [0.1, 0.15) is 5.75 Å². The molecule has 0 saturated heterocycles. The predicted octanol–water partition coefficient (Wildman–Crippen LogP) is 3.79. The quantitative estimate of drug-likeness (QED) is 0.488. The third-order valence-corrected chi connectivity index (χ3v) is 7.95. The Morgan fingerprint density at radius 3 is 2.28 bits per heavy atom. The van der Waals surface area contributed by atoms with Crippen LogP contribution >= 0.6 is 0 Å². The van der Waals surface area contributed by atoms with Crippen molar-refractivity contribution in [1.82, 2.24) is 9.73 Å². The molecule has 1 fully saturated rings. The van der Waals surface area contributed by atoms with Crippen molar-refractivity contribution in [2.75, 3.05) is 6.54 Å². The standard InChI is InChI=1S/C24H31N3O4S/c1-17-13-18(2)24(19(3)14-17)32(30,31)27(21-7-5-4-6-8-21)16-23(29)26-25-15-20-9-11-22(28)12-10-20/h9-15,21,28H,4-8,16H2,1-3H3,(H,26,29). The van der Waals surface area contributed by atoms with Crippen molar-refractivity contribution in [2.45, 2.75) is 63.8 Å². The Hall–Kier alpha value is -2.71. The van der Waals surface area contributed by atoms with Crippen LogP contribution in [0, 0.1) is 20.8 Å². The Morgan fingerprint density at radius 1 is 1.09 bits per heavy atom. The lowest BCUT2D eigenvalue weighted by Gasteiger charge is -2.33. The third-order valence-electron chi connectivity index (χ3n) is 5.75. The summed E-state index contributed by atoms with van der Waals surface area (Å²) >= 11 is 0. The molecule has 32 heavy (non-hydrogen) atoms. The van der Waals surface area contributed by atoms with Gasteiger partial charge in [-0.05, 0) is 74.6 Å². The van der Waals surface area contributed by atoms with Gasteiger partial charge in [0.15, 0.2) is 0 Å². The van der Waals surface area contributed by atoms with Crippen molar-refractivity contribution in [3.05, 3.63) is 58.7 Å². The van der Waals surface area contributed by atoms with E-state index in [4.69, 9.17) is 0 Å². The highest BCUT2D eigenvalue weighted by Gasteiger charge is 2.35. The lowest BCUT2D eigenvalue weighted by molar-refractivity contribution is -0.121. The number of nitrogens with one attached hydrogen (secondary N) is 1. The Bertz CT molecular complexity index is 1070. The number of benzene rings is 2. The first kappa shape index (κ1) is 23.9. The molecule has 3 rings (SSSR count). The highest BCUT2D eigenvalue weighted by atomic mass is 32.2. The van der Waals surface area contributed by atoms with E-state index in [2.05, 4.69) is 10.5 Å². The molecular formula is C24H31N3O4S. The number of rotatable bonds is 7. The molecule has 0 atom stereocenters. The second-order valence-electron chi connectivity index (χ2n) is 8.45. The summed E-state index contributed by atoms with van der Waals surface area (Å²) in [6, 6.07) is 9.88. The van der Waals surface area contributed by atoms with Crippen LogP contribution in [-0.4, -0.2) is 42.5 Å². The maximum absolute atomic E-state index is 13.7. The van der Waals surface area contributed by atoms with E-state index >= 15 is 0 Å². The first-order valence-electron chi connectivity index (χ1n) is 10.9. The highest BCUT2D eigenvalue weighted by molar-refractivity contribution is 7.89. The van der Waals surface area contributed by atoms with Crippen molar-refractivity contribution >= 4 is 22.1 Å². The van der Waals surface area contributed by atoms with Crippen LogP contribution in [0.15, 0.2) is 46.4 Å². The minimum atomic E-state index is -3.86. The highest BCUT2D eigenvalue weighted by Crippen LogP contribution is 2.31. The molecule has 0 spiro atoms. The molecule has 0 unspecified atom stereocenters. The van der Waals surface area contributed by atoms with Gasteiger partial charge in [0.05, 0.1) is 17.7 Å². The van der Waals surface area contributed by atoms with Crippen molar-refractivity contribution in [1.29, 1.82) is 0 Å². The molecule has 172 valence electrons. The molecule has 0 bridgehead atoms. The second-order valence-corrected chi connectivity index (χ2v) is 10.3. The van der Waals surface area contributed by atoms with Crippen LogP contribution in [0.4, 0.5) is 0 Å². The molecule has 2 aromatic rings. The van der Waals surface area contributed by atoms with E-state index in [0.717, 1.165) is 37.7 Å². The van der Waals surface area contributed by atoms with E-state index in [1.807, 2.05) is 19.1 Å². The molecule has 0 aliphatic heterocycles. The number of aryl methyl sites for hydroxylation is 3. The lowest BCUT2D eigenvalue weighted by atomic mass is 9.95. The third kappa shape index (κ3) is 5.75. The Morgan fingerprint density at radius 2 is 1.69 bits per heavy atom. The molecule has 1 saturated carbocycles. The van der Waals surface area contributed by atoms with E-state index in [9.17, 15) is 18.3 Å².